The second-order valence-corrected chi connectivity index (χ2v) is 5.42. The third kappa shape index (κ3) is 5.81. The fourth-order valence-electron chi connectivity index (χ4n) is 1.61. The third-order valence-corrected chi connectivity index (χ3v) is 3.66. The number of nitrogens with one attached hydrogen (secondary N) is 1. The second kappa shape index (κ2) is 8.05. The standard InChI is InChI=1S/C13H10BrF4N3O4/c14-11(9(19)5-21(24)25)12(23)20-4-10(22)6-1-2-7(8(15)3-6)13(16,17)18/h1-3H,4-5,19H2,(H,20,23)/b11-9-. The van der Waals surface area contributed by atoms with Crippen molar-refractivity contribution in [2.24, 2.45) is 5.73 Å². The van der Waals surface area contributed by atoms with Crippen molar-refractivity contribution in [3.05, 3.63) is 55.4 Å². The van der Waals surface area contributed by atoms with Crippen molar-refractivity contribution in [1.29, 1.82) is 0 Å². The van der Waals surface area contributed by atoms with E-state index in [4.69, 9.17) is 5.73 Å². The highest BCUT2D eigenvalue weighted by Crippen LogP contribution is 2.31. The van der Waals surface area contributed by atoms with Crippen LogP contribution in [-0.4, -0.2) is 29.7 Å². The molecule has 0 fully saturated rings. The van der Waals surface area contributed by atoms with Crippen molar-refractivity contribution in [3.8, 4) is 0 Å². The van der Waals surface area contributed by atoms with Crippen LogP contribution in [0.2, 0.25) is 0 Å². The topological polar surface area (TPSA) is 115 Å². The summed E-state index contributed by atoms with van der Waals surface area (Å²) in [4.78, 5) is 33.0. The van der Waals surface area contributed by atoms with Crippen LogP contribution in [-0.2, 0) is 11.0 Å². The lowest BCUT2D eigenvalue weighted by Gasteiger charge is -2.09. The first-order chi connectivity index (χ1) is 11.4. The molecule has 0 radical (unpaired) electrons. The average molecular weight is 428 g/mol. The zero-order chi connectivity index (χ0) is 19.4. The highest BCUT2D eigenvalue weighted by Gasteiger charge is 2.34. The SMILES string of the molecule is N/C(C[N+](=O)[O-])=C(\Br)C(=O)NCC(=O)c1ccc(C(F)(F)F)c(F)c1. The molecule has 0 unspecified atom stereocenters. The van der Waals surface area contributed by atoms with Crippen LogP contribution >= 0.6 is 15.9 Å². The van der Waals surface area contributed by atoms with Gasteiger partial charge in [0.2, 0.25) is 6.54 Å². The van der Waals surface area contributed by atoms with Crippen molar-refractivity contribution in [1.82, 2.24) is 5.32 Å². The van der Waals surface area contributed by atoms with Crippen LogP contribution < -0.4 is 11.1 Å². The summed E-state index contributed by atoms with van der Waals surface area (Å²) in [6.45, 7) is -1.49. The van der Waals surface area contributed by atoms with Gasteiger partial charge in [0.15, 0.2) is 5.78 Å². The number of nitrogens with zero attached hydrogens (tertiary/aromatic N) is 1. The van der Waals surface area contributed by atoms with E-state index in [-0.39, 0.29) is 10.0 Å². The van der Waals surface area contributed by atoms with Crippen LogP contribution in [0.5, 0.6) is 0 Å². The van der Waals surface area contributed by atoms with E-state index in [1.54, 1.807) is 0 Å². The van der Waals surface area contributed by atoms with Gasteiger partial charge in [0.05, 0.1) is 17.8 Å². The number of nitrogens with two attached hydrogens (primary N) is 1. The van der Waals surface area contributed by atoms with E-state index >= 15 is 0 Å². The molecule has 3 N–H and O–H groups in total. The Morgan fingerprint density at radius 2 is 1.92 bits per heavy atom. The Balaban J connectivity index is 2.79. The molecule has 1 aromatic carbocycles. The Morgan fingerprint density at radius 1 is 1.32 bits per heavy atom. The van der Waals surface area contributed by atoms with Gasteiger partial charge in [0, 0.05) is 10.5 Å². The molecule has 0 atom stereocenters. The average Bonchev–Trinajstić information content (AvgIpc) is 2.49. The van der Waals surface area contributed by atoms with E-state index in [9.17, 15) is 37.3 Å². The molecule has 7 nitrogen and oxygen atoms in total. The number of rotatable bonds is 6. The molecule has 0 aliphatic carbocycles. The van der Waals surface area contributed by atoms with Gasteiger partial charge in [-0.1, -0.05) is 6.07 Å². The first kappa shape index (κ1) is 20.5. The van der Waals surface area contributed by atoms with Crippen molar-refractivity contribution < 1.29 is 32.1 Å². The summed E-state index contributed by atoms with van der Waals surface area (Å²) >= 11 is 2.73. The number of carbonyl (C=O) groups excluding carboxylic acids is 2. The molecule has 1 amide bonds. The lowest BCUT2D eigenvalue weighted by molar-refractivity contribution is -0.471. The molecule has 0 saturated carbocycles. The van der Waals surface area contributed by atoms with Gasteiger partial charge in [0.25, 0.3) is 5.91 Å². The van der Waals surface area contributed by atoms with Crippen molar-refractivity contribution >= 4 is 27.6 Å². The summed E-state index contributed by atoms with van der Waals surface area (Å²) in [6, 6.07) is 1.59. The molecule has 0 aliphatic heterocycles. The van der Waals surface area contributed by atoms with E-state index < -0.39 is 53.0 Å². The van der Waals surface area contributed by atoms with Gasteiger partial charge in [-0.2, -0.15) is 13.2 Å². The van der Waals surface area contributed by atoms with Crippen LogP contribution in [0, 0.1) is 15.9 Å². The number of benzene rings is 1. The Labute approximate surface area is 146 Å². The highest BCUT2D eigenvalue weighted by molar-refractivity contribution is 9.12. The van der Waals surface area contributed by atoms with Crippen molar-refractivity contribution in [2.75, 3.05) is 13.1 Å². The number of carbonyl (C=O) groups is 2. The molecule has 1 rings (SSSR count). The van der Waals surface area contributed by atoms with E-state index in [0.717, 1.165) is 6.07 Å². The number of alkyl halides is 3. The summed E-state index contributed by atoms with van der Waals surface area (Å²) < 4.78 is 50.4. The number of hydrogen-bond donors (Lipinski definition) is 2. The number of Topliss-reactive ketones (excluding diaryl/α,β-unsaturated/α-hetero) is 1. The molecular weight excluding hydrogens is 418 g/mol. The second-order valence-electron chi connectivity index (χ2n) is 4.63. The van der Waals surface area contributed by atoms with Gasteiger partial charge in [-0.15, -0.1) is 0 Å². The molecule has 0 aromatic heterocycles. The highest BCUT2D eigenvalue weighted by atomic mass is 79.9. The zero-order valence-electron chi connectivity index (χ0n) is 12.2. The largest absolute Gasteiger partial charge is 0.419 e. The molecule has 0 aliphatic rings. The van der Waals surface area contributed by atoms with E-state index in [1.807, 2.05) is 0 Å². The maximum absolute atomic E-state index is 13.4. The number of hydrogen-bond acceptors (Lipinski definition) is 5. The molecule has 25 heavy (non-hydrogen) atoms. The fourth-order valence-corrected chi connectivity index (χ4v) is 1.88. The summed E-state index contributed by atoms with van der Waals surface area (Å²) in [5.41, 5.74) is 3.00. The lowest BCUT2D eigenvalue weighted by Crippen LogP contribution is -2.31. The summed E-state index contributed by atoms with van der Waals surface area (Å²) in [6.07, 6.45) is -4.90. The number of ketones is 1. The van der Waals surface area contributed by atoms with Crippen molar-refractivity contribution in [2.45, 2.75) is 6.18 Å². The first-order valence-corrected chi connectivity index (χ1v) is 7.16. The normalized spacial score (nSPS) is 12.4. The Kier molecular flexibility index (Phi) is 6.62. The van der Waals surface area contributed by atoms with Gasteiger partial charge in [0.1, 0.15) is 10.3 Å². The van der Waals surface area contributed by atoms with Crippen LogP contribution in [0.25, 0.3) is 0 Å². The molecule has 136 valence electrons. The number of halogens is 5. The first-order valence-electron chi connectivity index (χ1n) is 6.37. The molecule has 1 aromatic rings. The molecule has 12 heteroatoms. The van der Waals surface area contributed by atoms with E-state index in [2.05, 4.69) is 21.2 Å². The van der Waals surface area contributed by atoms with Gasteiger partial charge in [-0.05, 0) is 28.1 Å². The van der Waals surface area contributed by atoms with Gasteiger partial charge in [-0.25, -0.2) is 4.39 Å². The molecule has 0 heterocycles. The summed E-state index contributed by atoms with van der Waals surface area (Å²) in [5.74, 6) is -3.44. The molecule has 0 bridgehead atoms. The fraction of sp³-hybridized carbons (Fsp3) is 0.231. The van der Waals surface area contributed by atoms with Gasteiger partial charge < -0.3 is 11.1 Å². The van der Waals surface area contributed by atoms with Crippen LogP contribution in [0.1, 0.15) is 15.9 Å². The minimum atomic E-state index is -4.90. The van der Waals surface area contributed by atoms with Crippen molar-refractivity contribution in [3.63, 3.8) is 0 Å². The zero-order valence-corrected chi connectivity index (χ0v) is 13.8. The molecular formula is C13H10BrF4N3O4. The monoisotopic (exact) mass is 427 g/mol. The molecule has 0 spiro atoms. The maximum atomic E-state index is 13.4. The van der Waals surface area contributed by atoms with Crippen LogP contribution in [0.3, 0.4) is 0 Å². The lowest BCUT2D eigenvalue weighted by atomic mass is 10.1. The smallest absolute Gasteiger partial charge is 0.396 e. The van der Waals surface area contributed by atoms with Gasteiger partial charge >= 0.3 is 6.18 Å². The Bertz CT molecular complexity index is 749. The minimum absolute atomic E-state index is 0.365. The number of amides is 1. The summed E-state index contributed by atoms with van der Waals surface area (Å²) in [5, 5.41) is 12.3. The molecule has 0 saturated heterocycles. The van der Waals surface area contributed by atoms with E-state index in [1.165, 1.54) is 0 Å². The van der Waals surface area contributed by atoms with Gasteiger partial charge in [-0.3, -0.25) is 19.7 Å². The predicted octanol–water partition coefficient (Wildman–Crippen LogP) is 1.99. The predicted molar refractivity (Wildman–Crippen MR) is 80.7 cm³/mol. The minimum Gasteiger partial charge on any atom is -0.396 e. The third-order valence-electron chi connectivity index (χ3n) is 2.79. The maximum Gasteiger partial charge on any atom is 0.419 e. The number of nitro groups is 1. The Hall–Kier alpha value is -2.50. The summed E-state index contributed by atoms with van der Waals surface area (Å²) in [7, 11) is 0. The Morgan fingerprint density at radius 3 is 2.40 bits per heavy atom. The quantitative estimate of drug-likeness (QED) is 0.237. The van der Waals surface area contributed by atoms with E-state index in [0.29, 0.717) is 12.1 Å². The van der Waals surface area contributed by atoms with Crippen LogP contribution in [0.4, 0.5) is 17.6 Å². The van der Waals surface area contributed by atoms with Crippen LogP contribution in [0.15, 0.2) is 28.4 Å².